The average molecular weight is 377 g/mol. The summed E-state index contributed by atoms with van der Waals surface area (Å²) in [7, 11) is 0. The topological polar surface area (TPSA) is 12.0 Å². The van der Waals surface area contributed by atoms with E-state index in [9.17, 15) is 4.39 Å². The van der Waals surface area contributed by atoms with Crippen molar-refractivity contribution in [3.8, 4) is 0 Å². The molecule has 20 heavy (non-hydrogen) atoms. The lowest BCUT2D eigenvalue weighted by Crippen LogP contribution is -2.24. The van der Waals surface area contributed by atoms with Gasteiger partial charge in [0.25, 0.3) is 0 Å². The maximum absolute atomic E-state index is 13.6. The Kier molecular flexibility index (Phi) is 6.02. The molecular formula is C15H16BrClFNS. The third-order valence-corrected chi connectivity index (χ3v) is 4.67. The van der Waals surface area contributed by atoms with Gasteiger partial charge in [0.15, 0.2) is 0 Å². The summed E-state index contributed by atoms with van der Waals surface area (Å²) in [6.45, 7) is 3.02. The summed E-state index contributed by atoms with van der Waals surface area (Å²) >= 11 is 10.9. The van der Waals surface area contributed by atoms with Crippen LogP contribution in [0.15, 0.2) is 34.8 Å². The molecule has 0 saturated carbocycles. The summed E-state index contributed by atoms with van der Waals surface area (Å²) in [4.78, 5) is 1.20. The van der Waals surface area contributed by atoms with E-state index in [1.54, 1.807) is 17.4 Å². The van der Waals surface area contributed by atoms with Crippen molar-refractivity contribution < 1.29 is 4.39 Å². The van der Waals surface area contributed by atoms with Crippen LogP contribution in [0.3, 0.4) is 0 Å². The molecule has 1 atom stereocenters. The zero-order chi connectivity index (χ0) is 14.5. The summed E-state index contributed by atoms with van der Waals surface area (Å²) in [5.74, 6) is -0.220. The first-order valence-corrected chi connectivity index (χ1v) is 8.51. The molecule has 1 heterocycles. The third kappa shape index (κ3) is 4.55. The largest absolute Gasteiger partial charge is 0.310 e. The van der Waals surface area contributed by atoms with Crippen LogP contribution in [0.2, 0.25) is 4.34 Å². The Bertz CT molecular complexity index is 553. The van der Waals surface area contributed by atoms with Crippen LogP contribution in [0.5, 0.6) is 0 Å². The quantitative estimate of drug-likeness (QED) is 0.693. The van der Waals surface area contributed by atoms with Crippen molar-refractivity contribution in [2.75, 3.05) is 6.54 Å². The van der Waals surface area contributed by atoms with Crippen LogP contribution >= 0.6 is 38.9 Å². The molecule has 0 spiro atoms. The van der Waals surface area contributed by atoms with E-state index in [2.05, 4.69) is 28.2 Å². The fourth-order valence-corrected chi connectivity index (χ4v) is 3.68. The van der Waals surface area contributed by atoms with Crippen molar-refractivity contribution in [2.45, 2.75) is 25.8 Å². The highest BCUT2D eigenvalue weighted by Gasteiger charge is 2.14. The number of hydrogen-bond acceptors (Lipinski definition) is 2. The monoisotopic (exact) mass is 375 g/mol. The molecule has 2 aromatic rings. The Morgan fingerprint density at radius 1 is 1.35 bits per heavy atom. The number of thiophene rings is 1. The lowest BCUT2D eigenvalue weighted by atomic mass is 10.0. The predicted octanol–water partition coefficient (Wildman–Crippen LogP) is 5.59. The van der Waals surface area contributed by atoms with Gasteiger partial charge in [0, 0.05) is 21.8 Å². The van der Waals surface area contributed by atoms with Gasteiger partial charge in [-0.05, 0) is 48.9 Å². The SMILES string of the molecule is CCCNC(Cc1ccc(Cl)s1)c1cc(F)cc(Br)c1. The fraction of sp³-hybridized carbons (Fsp3) is 0.333. The standard InChI is InChI=1S/C15H16BrClFNS/c1-2-5-19-14(9-13-3-4-15(17)20-13)10-6-11(16)8-12(18)7-10/h3-4,6-8,14,19H,2,5,9H2,1H3. The molecule has 0 bridgehead atoms. The van der Waals surface area contributed by atoms with Crippen LogP contribution in [0, 0.1) is 5.82 Å². The third-order valence-electron chi connectivity index (χ3n) is 2.96. The predicted molar refractivity (Wildman–Crippen MR) is 88.2 cm³/mol. The van der Waals surface area contributed by atoms with E-state index in [1.165, 1.54) is 10.9 Å². The van der Waals surface area contributed by atoms with Crippen LogP contribution < -0.4 is 5.32 Å². The first-order chi connectivity index (χ1) is 9.58. The summed E-state index contributed by atoms with van der Waals surface area (Å²) in [6, 6.07) is 9.06. The second-order valence-electron chi connectivity index (χ2n) is 4.62. The minimum Gasteiger partial charge on any atom is -0.310 e. The maximum atomic E-state index is 13.6. The van der Waals surface area contributed by atoms with Gasteiger partial charge in [0.1, 0.15) is 5.82 Å². The number of benzene rings is 1. The summed E-state index contributed by atoms with van der Waals surface area (Å²) < 4.78 is 15.1. The Hall–Kier alpha value is -0.420. The van der Waals surface area contributed by atoms with Gasteiger partial charge in [0.2, 0.25) is 0 Å². The molecular weight excluding hydrogens is 361 g/mol. The minimum absolute atomic E-state index is 0.0941. The van der Waals surface area contributed by atoms with Crippen LogP contribution in [0.25, 0.3) is 0 Å². The van der Waals surface area contributed by atoms with E-state index in [-0.39, 0.29) is 11.9 Å². The van der Waals surface area contributed by atoms with Crippen molar-refractivity contribution in [3.63, 3.8) is 0 Å². The molecule has 5 heteroatoms. The highest BCUT2D eigenvalue weighted by atomic mass is 79.9. The van der Waals surface area contributed by atoms with Crippen LogP contribution in [-0.2, 0) is 6.42 Å². The first-order valence-electron chi connectivity index (χ1n) is 6.52. The molecule has 0 fully saturated rings. The minimum atomic E-state index is -0.220. The molecule has 1 nitrogen and oxygen atoms in total. The molecule has 1 unspecified atom stereocenters. The van der Waals surface area contributed by atoms with Crippen molar-refractivity contribution in [2.24, 2.45) is 0 Å². The van der Waals surface area contributed by atoms with Gasteiger partial charge in [-0.2, -0.15) is 0 Å². The molecule has 1 N–H and O–H groups in total. The average Bonchev–Trinajstić information content (AvgIpc) is 2.79. The number of rotatable bonds is 6. The van der Waals surface area contributed by atoms with Crippen LogP contribution in [0.4, 0.5) is 4.39 Å². The molecule has 0 amide bonds. The zero-order valence-electron chi connectivity index (χ0n) is 11.1. The molecule has 1 aromatic heterocycles. The van der Waals surface area contributed by atoms with Crippen molar-refractivity contribution >= 4 is 38.9 Å². The van der Waals surface area contributed by atoms with Gasteiger partial charge in [-0.25, -0.2) is 4.39 Å². The smallest absolute Gasteiger partial charge is 0.124 e. The second-order valence-corrected chi connectivity index (χ2v) is 7.33. The molecule has 0 saturated heterocycles. The highest BCUT2D eigenvalue weighted by molar-refractivity contribution is 9.10. The number of hydrogen-bond donors (Lipinski definition) is 1. The maximum Gasteiger partial charge on any atom is 0.124 e. The Morgan fingerprint density at radius 3 is 2.75 bits per heavy atom. The molecule has 0 radical (unpaired) electrons. The summed E-state index contributed by atoms with van der Waals surface area (Å²) in [5, 5.41) is 3.47. The van der Waals surface area contributed by atoms with Gasteiger partial charge in [-0.3, -0.25) is 0 Å². The van der Waals surface area contributed by atoms with Crippen LogP contribution in [0.1, 0.15) is 29.8 Å². The second kappa shape index (κ2) is 7.55. The molecule has 2 rings (SSSR count). The van der Waals surface area contributed by atoms with E-state index in [4.69, 9.17) is 11.6 Å². The van der Waals surface area contributed by atoms with Crippen molar-refractivity contribution in [1.29, 1.82) is 0 Å². The van der Waals surface area contributed by atoms with E-state index in [0.29, 0.717) is 0 Å². The van der Waals surface area contributed by atoms with E-state index in [0.717, 1.165) is 33.8 Å². The molecule has 108 valence electrons. The summed E-state index contributed by atoms with van der Waals surface area (Å²) in [6.07, 6.45) is 1.85. The van der Waals surface area contributed by atoms with E-state index < -0.39 is 0 Å². The van der Waals surface area contributed by atoms with Crippen LogP contribution in [-0.4, -0.2) is 6.54 Å². The molecule has 0 aliphatic heterocycles. The Morgan fingerprint density at radius 2 is 2.15 bits per heavy atom. The number of halogens is 3. The van der Waals surface area contributed by atoms with Gasteiger partial charge < -0.3 is 5.32 Å². The lowest BCUT2D eigenvalue weighted by Gasteiger charge is -2.19. The first kappa shape index (κ1) is 16.0. The fourth-order valence-electron chi connectivity index (χ4n) is 2.07. The van der Waals surface area contributed by atoms with E-state index >= 15 is 0 Å². The van der Waals surface area contributed by atoms with Gasteiger partial charge in [0.05, 0.1) is 4.34 Å². The normalized spacial score (nSPS) is 12.6. The molecule has 0 aliphatic rings. The van der Waals surface area contributed by atoms with Gasteiger partial charge >= 0.3 is 0 Å². The lowest BCUT2D eigenvalue weighted by molar-refractivity contribution is 0.526. The number of nitrogens with one attached hydrogen (secondary N) is 1. The van der Waals surface area contributed by atoms with Crippen molar-refractivity contribution in [1.82, 2.24) is 5.32 Å². The summed E-state index contributed by atoms with van der Waals surface area (Å²) in [5.41, 5.74) is 0.954. The van der Waals surface area contributed by atoms with Crippen molar-refractivity contribution in [3.05, 3.63) is 55.4 Å². The molecule has 0 aliphatic carbocycles. The zero-order valence-corrected chi connectivity index (χ0v) is 14.3. The molecule has 1 aromatic carbocycles. The highest BCUT2D eigenvalue weighted by Crippen LogP contribution is 2.28. The Balaban J connectivity index is 2.21. The van der Waals surface area contributed by atoms with E-state index in [1.807, 2.05) is 18.2 Å². The van der Waals surface area contributed by atoms with Gasteiger partial charge in [-0.1, -0.05) is 34.5 Å². The van der Waals surface area contributed by atoms with Gasteiger partial charge in [-0.15, -0.1) is 11.3 Å². The Labute approximate surface area is 136 Å².